The van der Waals surface area contributed by atoms with E-state index in [0.717, 1.165) is 5.92 Å². The van der Waals surface area contributed by atoms with E-state index in [4.69, 9.17) is 0 Å². The van der Waals surface area contributed by atoms with Gasteiger partial charge in [-0.2, -0.15) is 12.6 Å². The quantitative estimate of drug-likeness (QED) is 0.449. The van der Waals surface area contributed by atoms with Crippen molar-refractivity contribution < 1.29 is 0 Å². The molecule has 0 N–H and O–H groups in total. The zero-order valence-corrected chi connectivity index (χ0v) is 10.7. The summed E-state index contributed by atoms with van der Waals surface area (Å²) in [7, 11) is 0. The second-order valence-corrected chi connectivity index (χ2v) is 5.76. The highest BCUT2D eigenvalue weighted by atomic mass is 32.1. The third-order valence-electron chi connectivity index (χ3n) is 2.90. The standard InChI is InChI=1S/C12H26S/c1-5-7-8-9-10-11(6-2)12(3,4)13/h11,13H,5-10H2,1-4H3. The van der Waals surface area contributed by atoms with Crippen molar-refractivity contribution in [2.45, 2.75) is 71.0 Å². The van der Waals surface area contributed by atoms with E-state index in [0.29, 0.717) is 0 Å². The van der Waals surface area contributed by atoms with Gasteiger partial charge in [-0.15, -0.1) is 0 Å². The van der Waals surface area contributed by atoms with Crippen LogP contribution in [0.3, 0.4) is 0 Å². The Labute approximate surface area is 89.9 Å². The lowest BCUT2D eigenvalue weighted by Gasteiger charge is -2.28. The van der Waals surface area contributed by atoms with Gasteiger partial charge in [0.05, 0.1) is 0 Å². The summed E-state index contributed by atoms with van der Waals surface area (Å²) >= 11 is 4.65. The minimum Gasteiger partial charge on any atom is -0.173 e. The van der Waals surface area contributed by atoms with Crippen LogP contribution >= 0.6 is 12.6 Å². The zero-order valence-electron chi connectivity index (χ0n) is 9.77. The normalized spacial score (nSPS) is 14.5. The summed E-state index contributed by atoms with van der Waals surface area (Å²) in [5.41, 5.74) is 0. The molecule has 0 aliphatic carbocycles. The van der Waals surface area contributed by atoms with E-state index in [1.54, 1.807) is 0 Å². The Morgan fingerprint density at radius 1 is 1.08 bits per heavy atom. The third kappa shape index (κ3) is 6.42. The molecular weight excluding hydrogens is 176 g/mol. The number of hydrogen-bond acceptors (Lipinski definition) is 1. The molecule has 0 nitrogen and oxygen atoms in total. The summed E-state index contributed by atoms with van der Waals surface area (Å²) in [6.07, 6.45) is 8.13. The molecule has 0 aromatic rings. The molecule has 0 aromatic heterocycles. The second-order valence-electron chi connectivity index (χ2n) is 4.61. The predicted molar refractivity (Wildman–Crippen MR) is 65.6 cm³/mol. The van der Waals surface area contributed by atoms with Crippen LogP contribution in [0.4, 0.5) is 0 Å². The summed E-state index contributed by atoms with van der Waals surface area (Å²) in [6.45, 7) is 9.02. The first kappa shape index (κ1) is 13.4. The van der Waals surface area contributed by atoms with Crippen molar-refractivity contribution >= 4 is 12.6 Å². The molecule has 0 rings (SSSR count). The molecule has 0 aromatic carbocycles. The van der Waals surface area contributed by atoms with E-state index in [2.05, 4.69) is 40.3 Å². The summed E-state index contributed by atoms with van der Waals surface area (Å²) < 4.78 is 0.209. The van der Waals surface area contributed by atoms with Crippen molar-refractivity contribution in [3.63, 3.8) is 0 Å². The molecule has 0 amide bonds. The molecular formula is C12H26S. The van der Waals surface area contributed by atoms with Gasteiger partial charge in [-0.25, -0.2) is 0 Å². The predicted octanol–water partition coefficient (Wildman–Crippen LogP) is 4.69. The van der Waals surface area contributed by atoms with Crippen LogP contribution in [0.2, 0.25) is 0 Å². The fourth-order valence-corrected chi connectivity index (χ4v) is 2.19. The molecule has 1 unspecified atom stereocenters. The van der Waals surface area contributed by atoms with Crippen LogP contribution in [0, 0.1) is 5.92 Å². The van der Waals surface area contributed by atoms with E-state index in [1.807, 2.05) is 0 Å². The Morgan fingerprint density at radius 2 is 1.69 bits per heavy atom. The number of unbranched alkanes of at least 4 members (excludes halogenated alkanes) is 3. The van der Waals surface area contributed by atoms with Crippen molar-refractivity contribution in [3.05, 3.63) is 0 Å². The van der Waals surface area contributed by atoms with E-state index < -0.39 is 0 Å². The van der Waals surface area contributed by atoms with Gasteiger partial charge in [0, 0.05) is 4.75 Å². The van der Waals surface area contributed by atoms with Crippen molar-refractivity contribution in [3.8, 4) is 0 Å². The average Bonchev–Trinajstić information content (AvgIpc) is 2.02. The van der Waals surface area contributed by atoms with Crippen molar-refractivity contribution in [2.24, 2.45) is 5.92 Å². The monoisotopic (exact) mass is 202 g/mol. The van der Waals surface area contributed by atoms with Crippen molar-refractivity contribution in [2.75, 3.05) is 0 Å². The highest BCUT2D eigenvalue weighted by Gasteiger charge is 2.22. The number of hydrogen-bond donors (Lipinski definition) is 1. The largest absolute Gasteiger partial charge is 0.173 e. The Balaban J connectivity index is 3.61. The first-order valence-corrected chi connectivity index (χ1v) is 6.19. The van der Waals surface area contributed by atoms with Gasteiger partial charge in [0.15, 0.2) is 0 Å². The lowest BCUT2D eigenvalue weighted by atomic mass is 9.87. The molecule has 0 radical (unpaired) electrons. The molecule has 0 saturated carbocycles. The van der Waals surface area contributed by atoms with Crippen LogP contribution in [0.15, 0.2) is 0 Å². The lowest BCUT2D eigenvalue weighted by molar-refractivity contribution is 0.369. The van der Waals surface area contributed by atoms with Gasteiger partial charge in [0.1, 0.15) is 0 Å². The second kappa shape index (κ2) is 6.75. The van der Waals surface area contributed by atoms with E-state index >= 15 is 0 Å². The molecule has 80 valence electrons. The first-order chi connectivity index (χ1) is 6.02. The number of thiol groups is 1. The Morgan fingerprint density at radius 3 is 2.08 bits per heavy atom. The molecule has 0 bridgehead atoms. The van der Waals surface area contributed by atoms with Gasteiger partial charge >= 0.3 is 0 Å². The first-order valence-electron chi connectivity index (χ1n) is 5.74. The fraction of sp³-hybridized carbons (Fsp3) is 1.00. The van der Waals surface area contributed by atoms with E-state index in [-0.39, 0.29) is 4.75 Å². The molecule has 0 aliphatic heterocycles. The van der Waals surface area contributed by atoms with Crippen LogP contribution in [-0.2, 0) is 0 Å². The minimum atomic E-state index is 0.209. The molecule has 0 saturated heterocycles. The highest BCUT2D eigenvalue weighted by molar-refractivity contribution is 7.81. The van der Waals surface area contributed by atoms with Crippen LogP contribution in [0.5, 0.6) is 0 Å². The Kier molecular flexibility index (Phi) is 6.93. The van der Waals surface area contributed by atoms with Crippen LogP contribution in [0.25, 0.3) is 0 Å². The molecule has 0 spiro atoms. The maximum atomic E-state index is 4.65. The van der Waals surface area contributed by atoms with E-state index in [1.165, 1.54) is 38.5 Å². The summed E-state index contributed by atoms with van der Waals surface area (Å²) in [5.74, 6) is 0.785. The van der Waals surface area contributed by atoms with Gasteiger partial charge in [-0.3, -0.25) is 0 Å². The van der Waals surface area contributed by atoms with Crippen molar-refractivity contribution in [1.29, 1.82) is 0 Å². The van der Waals surface area contributed by atoms with Gasteiger partial charge in [-0.05, 0) is 12.3 Å². The molecule has 1 atom stereocenters. The fourth-order valence-electron chi connectivity index (χ4n) is 1.87. The van der Waals surface area contributed by atoms with Gasteiger partial charge in [0.25, 0.3) is 0 Å². The maximum Gasteiger partial charge on any atom is 0.0101 e. The van der Waals surface area contributed by atoms with Crippen LogP contribution in [-0.4, -0.2) is 4.75 Å². The van der Waals surface area contributed by atoms with E-state index in [9.17, 15) is 0 Å². The molecule has 0 aliphatic rings. The lowest BCUT2D eigenvalue weighted by Crippen LogP contribution is -2.24. The smallest absolute Gasteiger partial charge is 0.0101 e. The van der Waals surface area contributed by atoms with Gasteiger partial charge in [0.2, 0.25) is 0 Å². The summed E-state index contributed by atoms with van der Waals surface area (Å²) in [5, 5.41) is 0. The molecule has 0 fully saturated rings. The van der Waals surface area contributed by atoms with Crippen LogP contribution in [0.1, 0.15) is 66.2 Å². The molecule has 0 heterocycles. The topological polar surface area (TPSA) is 0 Å². The summed E-state index contributed by atoms with van der Waals surface area (Å²) in [6, 6.07) is 0. The summed E-state index contributed by atoms with van der Waals surface area (Å²) in [4.78, 5) is 0. The third-order valence-corrected chi connectivity index (χ3v) is 3.26. The molecule has 1 heteroatoms. The Bertz CT molecular complexity index is 113. The van der Waals surface area contributed by atoms with Crippen LogP contribution < -0.4 is 0 Å². The van der Waals surface area contributed by atoms with Gasteiger partial charge < -0.3 is 0 Å². The highest BCUT2D eigenvalue weighted by Crippen LogP contribution is 2.30. The van der Waals surface area contributed by atoms with Gasteiger partial charge in [-0.1, -0.05) is 59.8 Å². The number of rotatable bonds is 7. The Hall–Kier alpha value is 0.350. The van der Waals surface area contributed by atoms with Crippen molar-refractivity contribution in [1.82, 2.24) is 0 Å². The SMILES string of the molecule is CCCCCCC(CC)C(C)(C)S. The zero-order chi connectivity index (χ0) is 10.3. The minimum absolute atomic E-state index is 0.209. The maximum absolute atomic E-state index is 4.65. The average molecular weight is 202 g/mol. The molecule has 13 heavy (non-hydrogen) atoms.